The quantitative estimate of drug-likeness (QED) is 0.811. The molecule has 1 fully saturated rings. The second kappa shape index (κ2) is 4.89. The molecule has 0 bridgehead atoms. The van der Waals surface area contributed by atoms with Crippen LogP contribution in [0.3, 0.4) is 0 Å². The highest BCUT2D eigenvalue weighted by Crippen LogP contribution is 2.33. The van der Waals surface area contributed by atoms with Crippen molar-refractivity contribution in [2.75, 3.05) is 13.2 Å². The first-order valence-electron chi connectivity index (χ1n) is 5.30. The Morgan fingerprint density at radius 1 is 1.53 bits per heavy atom. The van der Waals surface area contributed by atoms with Gasteiger partial charge in [0.25, 0.3) is 0 Å². The van der Waals surface area contributed by atoms with E-state index in [0.29, 0.717) is 0 Å². The van der Waals surface area contributed by atoms with Crippen LogP contribution in [0.2, 0.25) is 5.15 Å². The normalized spacial score (nSPS) is 16.4. The average Bonchev–Trinajstić information content (AvgIpc) is 3.10. The van der Waals surface area contributed by atoms with Crippen LogP contribution < -0.4 is 0 Å². The SMILES string of the molecule is O=S(=O)(c1cccnc1Cl)N(CCO)C1CC1. The zero-order valence-electron chi connectivity index (χ0n) is 9.08. The summed E-state index contributed by atoms with van der Waals surface area (Å²) in [5.74, 6) is 0. The van der Waals surface area contributed by atoms with Gasteiger partial charge in [0.15, 0.2) is 0 Å². The first-order chi connectivity index (χ1) is 8.07. The second-order valence-corrected chi connectivity index (χ2v) is 6.08. The van der Waals surface area contributed by atoms with Crippen LogP contribution in [0.5, 0.6) is 0 Å². The number of pyridine rings is 1. The van der Waals surface area contributed by atoms with Gasteiger partial charge in [-0.2, -0.15) is 4.31 Å². The third kappa shape index (κ3) is 2.60. The number of halogens is 1. The van der Waals surface area contributed by atoms with Crippen molar-refractivity contribution < 1.29 is 13.5 Å². The van der Waals surface area contributed by atoms with Gasteiger partial charge in [0.2, 0.25) is 10.0 Å². The number of aromatic nitrogens is 1. The highest BCUT2D eigenvalue weighted by atomic mass is 35.5. The fourth-order valence-electron chi connectivity index (χ4n) is 1.65. The van der Waals surface area contributed by atoms with Crippen LogP contribution in [0.25, 0.3) is 0 Å². The molecule has 1 aromatic heterocycles. The van der Waals surface area contributed by atoms with Gasteiger partial charge in [0, 0.05) is 18.8 Å². The lowest BCUT2D eigenvalue weighted by molar-refractivity contribution is 0.250. The number of aliphatic hydroxyl groups is 1. The third-order valence-electron chi connectivity index (χ3n) is 2.59. The van der Waals surface area contributed by atoms with E-state index in [2.05, 4.69) is 4.98 Å². The van der Waals surface area contributed by atoms with Gasteiger partial charge in [-0.3, -0.25) is 0 Å². The number of hydrogen-bond donors (Lipinski definition) is 1. The van der Waals surface area contributed by atoms with Gasteiger partial charge in [0.1, 0.15) is 10.0 Å². The molecular formula is C10H13ClN2O3S. The minimum atomic E-state index is -3.65. The number of nitrogens with zero attached hydrogens (tertiary/aromatic N) is 2. The van der Waals surface area contributed by atoms with Crippen molar-refractivity contribution in [2.24, 2.45) is 0 Å². The lowest BCUT2D eigenvalue weighted by Crippen LogP contribution is -2.35. The molecule has 7 heteroatoms. The molecule has 5 nitrogen and oxygen atoms in total. The zero-order valence-corrected chi connectivity index (χ0v) is 10.7. The lowest BCUT2D eigenvalue weighted by Gasteiger charge is -2.20. The molecule has 0 unspecified atom stereocenters. The van der Waals surface area contributed by atoms with Gasteiger partial charge >= 0.3 is 0 Å². The predicted molar refractivity (Wildman–Crippen MR) is 63.2 cm³/mol. The Kier molecular flexibility index (Phi) is 3.67. The molecule has 1 N–H and O–H groups in total. The largest absolute Gasteiger partial charge is 0.395 e. The Morgan fingerprint density at radius 3 is 2.76 bits per heavy atom. The van der Waals surface area contributed by atoms with Crippen molar-refractivity contribution in [1.29, 1.82) is 0 Å². The molecule has 17 heavy (non-hydrogen) atoms. The van der Waals surface area contributed by atoms with Gasteiger partial charge in [-0.05, 0) is 25.0 Å². The van der Waals surface area contributed by atoms with Crippen LogP contribution in [-0.2, 0) is 10.0 Å². The fourth-order valence-corrected chi connectivity index (χ4v) is 3.76. The maximum absolute atomic E-state index is 12.3. The molecule has 0 radical (unpaired) electrons. The summed E-state index contributed by atoms with van der Waals surface area (Å²) in [4.78, 5) is 3.77. The van der Waals surface area contributed by atoms with E-state index in [4.69, 9.17) is 16.7 Å². The lowest BCUT2D eigenvalue weighted by atomic mass is 10.5. The van der Waals surface area contributed by atoms with E-state index < -0.39 is 10.0 Å². The summed E-state index contributed by atoms with van der Waals surface area (Å²) in [6.45, 7) is -0.105. The van der Waals surface area contributed by atoms with Crippen molar-refractivity contribution >= 4 is 21.6 Å². The minimum Gasteiger partial charge on any atom is -0.395 e. The van der Waals surface area contributed by atoms with Gasteiger partial charge in [-0.15, -0.1) is 0 Å². The number of hydrogen-bond acceptors (Lipinski definition) is 4. The Balaban J connectivity index is 2.37. The maximum Gasteiger partial charge on any atom is 0.246 e. The van der Waals surface area contributed by atoms with E-state index in [-0.39, 0.29) is 29.2 Å². The van der Waals surface area contributed by atoms with Gasteiger partial charge in [-0.1, -0.05) is 11.6 Å². The molecule has 1 aliphatic rings. The smallest absolute Gasteiger partial charge is 0.246 e. The number of sulfonamides is 1. The van der Waals surface area contributed by atoms with E-state index in [9.17, 15) is 8.42 Å². The van der Waals surface area contributed by atoms with Crippen molar-refractivity contribution in [3.63, 3.8) is 0 Å². The Labute approximate surface area is 105 Å². The van der Waals surface area contributed by atoms with Crippen LogP contribution in [0.4, 0.5) is 0 Å². The highest BCUT2D eigenvalue weighted by molar-refractivity contribution is 7.89. The van der Waals surface area contributed by atoms with Gasteiger partial charge in [-0.25, -0.2) is 13.4 Å². The highest BCUT2D eigenvalue weighted by Gasteiger charge is 2.38. The monoisotopic (exact) mass is 276 g/mol. The molecule has 94 valence electrons. The summed E-state index contributed by atoms with van der Waals surface area (Å²) in [6.07, 6.45) is 3.10. The molecule has 0 saturated heterocycles. The number of rotatable bonds is 5. The summed E-state index contributed by atoms with van der Waals surface area (Å²) in [5.41, 5.74) is 0. The molecule has 0 aliphatic heterocycles. The summed E-state index contributed by atoms with van der Waals surface area (Å²) >= 11 is 5.80. The van der Waals surface area contributed by atoms with E-state index in [0.717, 1.165) is 12.8 Å². The first-order valence-corrected chi connectivity index (χ1v) is 7.12. The summed E-state index contributed by atoms with van der Waals surface area (Å²) in [5, 5.41) is 8.91. The molecule has 0 aromatic carbocycles. The van der Waals surface area contributed by atoms with E-state index in [1.54, 1.807) is 0 Å². The Hall–Kier alpha value is -0.690. The second-order valence-electron chi connectivity index (χ2n) is 3.86. The van der Waals surface area contributed by atoms with Crippen molar-refractivity contribution in [1.82, 2.24) is 9.29 Å². The molecule has 0 spiro atoms. The van der Waals surface area contributed by atoms with Crippen LogP contribution in [0, 0.1) is 0 Å². The van der Waals surface area contributed by atoms with Crippen molar-refractivity contribution in [2.45, 2.75) is 23.8 Å². The molecule has 0 amide bonds. The Bertz CT molecular complexity index is 502. The first kappa shape index (κ1) is 12.8. The molecule has 1 saturated carbocycles. The van der Waals surface area contributed by atoms with Gasteiger partial charge < -0.3 is 5.11 Å². The third-order valence-corrected chi connectivity index (χ3v) is 4.98. The molecule has 1 aromatic rings. The van der Waals surface area contributed by atoms with E-state index in [1.807, 2.05) is 0 Å². The van der Waals surface area contributed by atoms with E-state index in [1.165, 1.54) is 22.6 Å². The topological polar surface area (TPSA) is 70.5 Å². The predicted octanol–water partition coefficient (Wildman–Crippen LogP) is 0.880. The Morgan fingerprint density at radius 2 is 2.24 bits per heavy atom. The molecule has 1 aliphatic carbocycles. The molecule has 1 heterocycles. The van der Waals surface area contributed by atoms with Crippen LogP contribution in [0.1, 0.15) is 12.8 Å². The standard InChI is InChI=1S/C10H13ClN2O3S/c11-10-9(2-1-5-12-10)17(15,16)13(6-7-14)8-3-4-8/h1-2,5,8,14H,3-4,6-7H2. The van der Waals surface area contributed by atoms with Crippen LogP contribution in [-0.4, -0.2) is 42.0 Å². The summed E-state index contributed by atoms with van der Waals surface area (Å²) < 4.78 is 25.9. The van der Waals surface area contributed by atoms with Crippen LogP contribution >= 0.6 is 11.6 Å². The van der Waals surface area contributed by atoms with Gasteiger partial charge in [0.05, 0.1) is 6.61 Å². The average molecular weight is 277 g/mol. The van der Waals surface area contributed by atoms with Crippen LogP contribution in [0.15, 0.2) is 23.2 Å². The minimum absolute atomic E-state index is 0.00187. The van der Waals surface area contributed by atoms with Crippen molar-refractivity contribution in [3.8, 4) is 0 Å². The molecular weight excluding hydrogens is 264 g/mol. The summed E-state index contributed by atoms with van der Waals surface area (Å²) in [6, 6.07) is 2.95. The number of aliphatic hydroxyl groups excluding tert-OH is 1. The zero-order chi connectivity index (χ0) is 12.5. The van der Waals surface area contributed by atoms with Crippen molar-refractivity contribution in [3.05, 3.63) is 23.5 Å². The summed E-state index contributed by atoms with van der Waals surface area (Å²) in [7, 11) is -3.65. The fraction of sp³-hybridized carbons (Fsp3) is 0.500. The molecule has 2 rings (SSSR count). The molecule has 0 atom stereocenters. The van der Waals surface area contributed by atoms with E-state index >= 15 is 0 Å². The maximum atomic E-state index is 12.3.